The first-order valence-electron chi connectivity index (χ1n) is 7.79. The average Bonchev–Trinajstić information content (AvgIpc) is 3.08. The zero-order valence-corrected chi connectivity index (χ0v) is 13.4. The summed E-state index contributed by atoms with van der Waals surface area (Å²) in [6.07, 6.45) is 0. The number of carbonyl (C=O) groups excluding carboxylic acids is 1. The molecule has 2 aliphatic rings. The van der Waals surface area contributed by atoms with E-state index in [9.17, 15) is 4.79 Å². The molecule has 24 heavy (non-hydrogen) atoms. The van der Waals surface area contributed by atoms with Gasteiger partial charge in [-0.25, -0.2) is 0 Å². The third-order valence-corrected chi connectivity index (χ3v) is 5.06. The Morgan fingerprint density at radius 2 is 1.58 bits per heavy atom. The molecule has 5 rings (SSSR count). The number of nitrogens with zero attached hydrogens (tertiary/aromatic N) is 1. The van der Waals surface area contributed by atoms with Crippen molar-refractivity contribution in [3.63, 3.8) is 0 Å². The van der Waals surface area contributed by atoms with Gasteiger partial charge in [0.1, 0.15) is 0 Å². The summed E-state index contributed by atoms with van der Waals surface area (Å²) in [5, 5.41) is 4.27. The van der Waals surface area contributed by atoms with Gasteiger partial charge in [-0.1, -0.05) is 54.1 Å². The number of carbonyl (C=O) groups is 1. The molecule has 3 nitrogen and oxygen atoms in total. The normalized spacial score (nSPS) is 20.4. The zero-order valence-electron chi connectivity index (χ0n) is 12.7. The first kappa shape index (κ1) is 13.6. The van der Waals surface area contributed by atoms with Gasteiger partial charge in [0.05, 0.1) is 11.4 Å². The Kier molecular flexibility index (Phi) is 2.62. The highest BCUT2D eigenvalue weighted by atomic mass is 35.5. The van der Waals surface area contributed by atoms with Crippen LogP contribution in [0.15, 0.2) is 72.8 Å². The van der Waals surface area contributed by atoms with Gasteiger partial charge in [0.2, 0.25) is 0 Å². The van der Waals surface area contributed by atoms with Gasteiger partial charge in [-0.05, 0) is 30.3 Å². The third-order valence-electron chi connectivity index (χ3n) is 4.81. The fourth-order valence-electron chi connectivity index (χ4n) is 3.81. The first-order chi connectivity index (χ1) is 11.7. The van der Waals surface area contributed by atoms with Gasteiger partial charge >= 0.3 is 0 Å². The molecule has 1 amide bonds. The summed E-state index contributed by atoms with van der Waals surface area (Å²) < 4.78 is 0. The number of halogens is 1. The van der Waals surface area contributed by atoms with E-state index in [1.165, 1.54) is 0 Å². The molecule has 2 aliphatic heterocycles. The van der Waals surface area contributed by atoms with Crippen LogP contribution in [0.1, 0.15) is 21.5 Å². The molecule has 0 saturated heterocycles. The van der Waals surface area contributed by atoms with E-state index in [1.807, 2.05) is 77.7 Å². The number of nitrogens with one attached hydrogen (secondary N) is 1. The van der Waals surface area contributed by atoms with Crippen LogP contribution in [-0.2, 0) is 5.66 Å². The standard InChI is InChI=1S/C20H13ClN2O/c21-14-11-9-13(10-12-14)20-16-6-2-1-5-15(16)19(24)23(20)18-8-4-3-7-17(18)22-20/h1-12,22H. The van der Waals surface area contributed by atoms with Gasteiger partial charge in [0.25, 0.3) is 5.91 Å². The van der Waals surface area contributed by atoms with Crippen LogP contribution in [0.25, 0.3) is 0 Å². The van der Waals surface area contributed by atoms with Crippen LogP contribution in [0.2, 0.25) is 5.02 Å². The Morgan fingerprint density at radius 3 is 2.42 bits per heavy atom. The van der Waals surface area contributed by atoms with E-state index in [0.717, 1.165) is 28.1 Å². The van der Waals surface area contributed by atoms with E-state index in [0.29, 0.717) is 5.02 Å². The molecule has 1 N–H and O–H groups in total. The Balaban J connectivity index is 1.84. The predicted molar refractivity (Wildman–Crippen MR) is 95.5 cm³/mol. The minimum Gasteiger partial charge on any atom is -0.353 e. The second-order valence-corrected chi connectivity index (χ2v) is 6.48. The number of benzene rings is 3. The van der Waals surface area contributed by atoms with Crippen LogP contribution in [0.3, 0.4) is 0 Å². The van der Waals surface area contributed by atoms with E-state index in [2.05, 4.69) is 5.32 Å². The smallest absolute Gasteiger partial charge is 0.261 e. The quantitative estimate of drug-likeness (QED) is 0.704. The maximum Gasteiger partial charge on any atom is 0.261 e. The fourth-order valence-corrected chi connectivity index (χ4v) is 3.93. The first-order valence-corrected chi connectivity index (χ1v) is 8.17. The van der Waals surface area contributed by atoms with Crippen molar-refractivity contribution in [1.29, 1.82) is 0 Å². The van der Waals surface area contributed by atoms with Gasteiger partial charge in [0.15, 0.2) is 5.66 Å². The van der Waals surface area contributed by atoms with Crippen LogP contribution in [0, 0.1) is 0 Å². The zero-order chi connectivity index (χ0) is 16.3. The lowest BCUT2D eigenvalue weighted by molar-refractivity contribution is 0.0988. The fraction of sp³-hybridized carbons (Fsp3) is 0.0500. The molecule has 0 spiro atoms. The summed E-state index contributed by atoms with van der Waals surface area (Å²) in [6, 6.07) is 23.4. The van der Waals surface area contributed by atoms with E-state index in [1.54, 1.807) is 0 Å². The summed E-state index contributed by atoms with van der Waals surface area (Å²) in [7, 11) is 0. The molecule has 0 bridgehead atoms. The summed E-state index contributed by atoms with van der Waals surface area (Å²) in [4.78, 5) is 15.0. The van der Waals surface area contributed by atoms with Crippen molar-refractivity contribution >= 4 is 28.9 Å². The van der Waals surface area contributed by atoms with E-state index in [-0.39, 0.29) is 5.91 Å². The molecular weight excluding hydrogens is 320 g/mol. The minimum atomic E-state index is -0.720. The Labute approximate surface area is 144 Å². The summed E-state index contributed by atoms with van der Waals surface area (Å²) in [5.74, 6) is 0.0120. The topological polar surface area (TPSA) is 32.3 Å². The molecule has 4 heteroatoms. The predicted octanol–water partition coefficient (Wildman–Crippen LogP) is 4.63. The molecule has 0 fully saturated rings. The molecular formula is C20H13ClN2O. The molecule has 3 aromatic rings. The van der Waals surface area contributed by atoms with Crippen molar-refractivity contribution in [2.24, 2.45) is 0 Å². The number of anilines is 2. The van der Waals surface area contributed by atoms with Crippen molar-refractivity contribution in [3.05, 3.63) is 94.5 Å². The largest absolute Gasteiger partial charge is 0.353 e. The maximum atomic E-state index is 13.1. The molecule has 2 heterocycles. The number of rotatable bonds is 1. The van der Waals surface area contributed by atoms with Gasteiger partial charge in [-0.15, -0.1) is 0 Å². The molecule has 0 saturated carbocycles. The third kappa shape index (κ3) is 1.55. The van der Waals surface area contributed by atoms with Crippen molar-refractivity contribution in [2.45, 2.75) is 5.66 Å². The highest BCUT2D eigenvalue weighted by molar-refractivity contribution is 6.30. The second-order valence-electron chi connectivity index (χ2n) is 6.05. The number of para-hydroxylation sites is 2. The van der Waals surface area contributed by atoms with Crippen LogP contribution in [-0.4, -0.2) is 5.91 Å². The van der Waals surface area contributed by atoms with Gasteiger partial charge in [-0.3, -0.25) is 9.69 Å². The lowest BCUT2D eigenvalue weighted by Crippen LogP contribution is -2.46. The van der Waals surface area contributed by atoms with Crippen molar-refractivity contribution < 1.29 is 4.79 Å². The van der Waals surface area contributed by atoms with E-state index >= 15 is 0 Å². The number of amides is 1. The van der Waals surface area contributed by atoms with E-state index < -0.39 is 5.66 Å². The number of fused-ring (bicyclic) bond motifs is 5. The van der Waals surface area contributed by atoms with Gasteiger partial charge < -0.3 is 5.32 Å². The van der Waals surface area contributed by atoms with Gasteiger partial charge in [0, 0.05) is 21.7 Å². The summed E-state index contributed by atoms with van der Waals surface area (Å²) in [6.45, 7) is 0. The molecule has 116 valence electrons. The van der Waals surface area contributed by atoms with E-state index in [4.69, 9.17) is 11.6 Å². The monoisotopic (exact) mass is 332 g/mol. The second kappa shape index (κ2) is 4.62. The van der Waals surface area contributed by atoms with Crippen molar-refractivity contribution in [3.8, 4) is 0 Å². The minimum absolute atomic E-state index is 0.0120. The molecule has 0 radical (unpaired) electrons. The Bertz CT molecular complexity index is 983. The van der Waals surface area contributed by atoms with Crippen molar-refractivity contribution in [2.75, 3.05) is 10.2 Å². The number of hydrogen-bond acceptors (Lipinski definition) is 2. The summed E-state index contributed by atoms with van der Waals surface area (Å²) >= 11 is 6.08. The Hall–Kier alpha value is -2.78. The summed E-state index contributed by atoms with van der Waals surface area (Å²) in [5.41, 5.74) is 3.82. The van der Waals surface area contributed by atoms with Crippen LogP contribution in [0.5, 0.6) is 0 Å². The lowest BCUT2D eigenvalue weighted by Gasteiger charge is -2.34. The molecule has 1 atom stereocenters. The van der Waals surface area contributed by atoms with Gasteiger partial charge in [-0.2, -0.15) is 0 Å². The molecule has 0 aromatic heterocycles. The molecule has 0 aliphatic carbocycles. The SMILES string of the molecule is O=C1c2ccccc2C2(c3ccc(Cl)cc3)Nc3ccccc3N12. The Morgan fingerprint density at radius 1 is 0.875 bits per heavy atom. The molecule has 1 unspecified atom stereocenters. The van der Waals surface area contributed by atoms with Crippen molar-refractivity contribution in [1.82, 2.24) is 0 Å². The maximum absolute atomic E-state index is 13.1. The average molecular weight is 333 g/mol. The van der Waals surface area contributed by atoms with Crippen LogP contribution < -0.4 is 10.2 Å². The molecule has 3 aromatic carbocycles. The number of hydrogen-bond donors (Lipinski definition) is 1. The lowest BCUT2D eigenvalue weighted by atomic mass is 9.91. The van der Waals surface area contributed by atoms with Crippen LogP contribution >= 0.6 is 11.6 Å². The van der Waals surface area contributed by atoms with Crippen LogP contribution in [0.4, 0.5) is 11.4 Å². The highest BCUT2D eigenvalue weighted by Gasteiger charge is 2.55. The highest BCUT2D eigenvalue weighted by Crippen LogP contribution is 2.53.